The third kappa shape index (κ3) is 6.02. The number of hydrogen-bond donors (Lipinski definition) is 4. The van der Waals surface area contributed by atoms with E-state index >= 15 is 0 Å². The molecule has 0 heterocycles. The molecule has 0 unspecified atom stereocenters. The SMILES string of the molecule is COc1cc(-c2ccc(CCc3cc(O)cc(O)c3)c(OC)c2)ccc1CCc1cc(O)cc(O)c1. The summed E-state index contributed by atoms with van der Waals surface area (Å²) in [5, 5.41) is 38.9. The third-order valence-electron chi connectivity index (χ3n) is 6.20. The van der Waals surface area contributed by atoms with Gasteiger partial charge in [0.1, 0.15) is 34.5 Å². The highest BCUT2D eigenvalue weighted by molar-refractivity contribution is 5.68. The number of phenolic OH excluding ortho intramolecular Hbond substituents is 4. The molecule has 0 aliphatic carbocycles. The van der Waals surface area contributed by atoms with E-state index in [-0.39, 0.29) is 23.0 Å². The highest BCUT2D eigenvalue weighted by Gasteiger charge is 2.11. The van der Waals surface area contributed by atoms with Gasteiger partial charge in [0, 0.05) is 12.1 Å². The summed E-state index contributed by atoms with van der Waals surface area (Å²) in [6, 6.07) is 21.4. The number of benzene rings is 4. The Hall–Kier alpha value is -4.32. The van der Waals surface area contributed by atoms with E-state index < -0.39 is 0 Å². The Bertz CT molecular complexity index is 1220. The van der Waals surface area contributed by atoms with E-state index in [1.807, 2.05) is 36.4 Å². The number of aromatic hydroxyl groups is 4. The number of hydrogen-bond acceptors (Lipinski definition) is 6. The Morgan fingerprint density at radius 1 is 0.472 bits per heavy atom. The monoisotopic (exact) mass is 486 g/mol. The van der Waals surface area contributed by atoms with Gasteiger partial charge in [-0.25, -0.2) is 0 Å². The van der Waals surface area contributed by atoms with E-state index in [0.717, 1.165) is 44.9 Å². The summed E-state index contributed by atoms with van der Waals surface area (Å²) in [6.45, 7) is 0. The number of phenols is 4. The minimum absolute atomic E-state index is 0.0461. The van der Waals surface area contributed by atoms with Crippen LogP contribution in [0.25, 0.3) is 11.1 Å². The van der Waals surface area contributed by atoms with E-state index in [1.165, 1.54) is 12.1 Å². The van der Waals surface area contributed by atoms with Crippen LogP contribution in [0.1, 0.15) is 22.3 Å². The first kappa shape index (κ1) is 24.8. The largest absolute Gasteiger partial charge is 0.508 e. The van der Waals surface area contributed by atoms with Crippen LogP contribution in [0, 0.1) is 0 Å². The van der Waals surface area contributed by atoms with Crippen molar-refractivity contribution in [3.63, 3.8) is 0 Å². The molecule has 6 heteroatoms. The zero-order valence-electron chi connectivity index (χ0n) is 20.4. The molecule has 0 amide bonds. The molecule has 0 bridgehead atoms. The van der Waals surface area contributed by atoms with Gasteiger partial charge in [-0.15, -0.1) is 0 Å². The summed E-state index contributed by atoms with van der Waals surface area (Å²) < 4.78 is 11.3. The highest BCUT2D eigenvalue weighted by Crippen LogP contribution is 2.33. The van der Waals surface area contributed by atoms with E-state index in [0.29, 0.717) is 25.7 Å². The van der Waals surface area contributed by atoms with Gasteiger partial charge < -0.3 is 29.9 Å². The summed E-state index contributed by atoms with van der Waals surface area (Å²) in [5.74, 6) is 1.72. The lowest BCUT2D eigenvalue weighted by Crippen LogP contribution is -1.98. The van der Waals surface area contributed by atoms with Gasteiger partial charge in [-0.1, -0.05) is 24.3 Å². The van der Waals surface area contributed by atoms with E-state index in [2.05, 4.69) is 0 Å². The second-order valence-corrected chi connectivity index (χ2v) is 8.77. The first-order valence-corrected chi connectivity index (χ1v) is 11.7. The second-order valence-electron chi connectivity index (χ2n) is 8.77. The van der Waals surface area contributed by atoms with Crippen molar-refractivity contribution in [3.05, 3.63) is 95.1 Å². The van der Waals surface area contributed by atoms with Crippen molar-refractivity contribution in [2.45, 2.75) is 25.7 Å². The maximum Gasteiger partial charge on any atom is 0.122 e. The molecule has 4 aromatic rings. The lowest BCUT2D eigenvalue weighted by Gasteiger charge is -2.14. The summed E-state index contributed by atoms with van der Waals surface area (Å²) in [4.78, 5) is 0. The smallest absolute Gasteiger partial charge is 0.122 e. The molecule has 0 saturated heterocycles. The fourth-order valence-electron chi connectivity index (χ4n) is 4.42. The van der Waals surface area contributed by atoms with Gasteiger partial charge in [-0.2, -0.15) is 0 Å². The van der Waals surface area contributed by atoms with E-state index in [9.17, 15) is 20.4 Å². The van der Waals surface area contributed by atoms with Crippen LogP contribution in [0.4, 0.5) is 0 Å². The van der Waals surface area contributed by atoms with Gasteiger partial charge in [-0.3, -0.25) is 0 Å². The van der Waals surface area contributed by atoms with Gasteiger partial charge in [-0.05, 0) is 95.5 Å². The van der Waals surface area contributed by atoms with Crippen molar-refractivity contribution in [1.29, 1.82) is 0 Å². The van der Waals surface area contributed by atoms with Crippen LogP contribution >= 0.6 is 0 Å². The molecular weight excluding hydrogens is 456 g/mol. The molecule has 0 atom stereocenters. The topological polar surface area (TPSA) is 99.4 Å². The number of aryl methyl sites for hydroxylation is 4. The Balaban J connectivity index is 1.50. The zero-order valence-corrected chi connectivity index (χ0v) is 20.4. The molecule has 0 aliphatic heterocycles. The number of rotatable bonds is 9. The summed E-state index contributed by atoms with van der Waals surface area (Å²) in [7, 11) is 3.29. The van der Waals surface area contributed by atoms with E-state index in [1.54, 1.807) is 38.5 Å². The van der Waals surface area contributed by atoms with Gasteiger partial charge in [0.05, 0.1) is 14.2 Å². The normalized spacial score (nSPS) is 10.8. The molecular formula is C30H30O6. The molecule has 4 N–H and O–H groups in total. The molecule has 4 aromatic carbocycles. The molecule has 186 valence electrons. The van der Waals surface area contributed by atoms with Crippen LogP contribution in [0.2, 0.25) is 0 Å². The summed E-state index contributed by atoms with van der Waals surface area (Å²) >= 11 is 0. The van der Waals surface area contributed by atoms with Gasteiger partial charge >= 0.3 is 0 Å². The number of methoxy groups -OCH3 is 2. The Kier molecular flexibility index (Phi) is 7.54. The average Bonchev–Trinajstić information content (AvgIpc) is 2.85. The van der Waals surface area contributed by atoms with Crippen LogP contribution in [-0.4, -0.2) is 34.6 Å². The summed E-state index contributed by atoms with van der Waals surface area (Å²) in [5.41, 5.74) is 5.74. The zero-order chi connectivity index (χ0) is 25.7. The molecule has 0 saturated carbocycles. The predicted molar refractivity (Wildman–Crippen MR) is 139 cm³/mol. The molecule has 0 aliphatic rings. The summed E-state index contributed by atoms with van der Waals surface area (Å²) in [6.07, 6.45) is 2.69. The van der Waals surface area contributed by atoms with Crippen LogP contribution in [0.5, 0.6) is 34.5 Å². The van der Waals surface area contributed by atoms with Crippen molar-refractivity contribution in [2.75, 3.05) is 14.2 Å². The minimum atomic E-state index is 0.0461. The molecule has 0 fully saturated rings. The molecule has 0 aromatic heterocycles. The molecule has 0 spiro atoms. The van der Waals surface area contributed by atoms with Crippen LogP contribution < -0.4 is 9.47 Å². The van der Waals surface area contributed by atoms with Crippen molar-refractivity contribution in [2.24, 2.45) is 0 Å². The maximum absolute atomic E-state index is 9.72. The third-order valence-corrected chi connectivity index (χ3v) is 6.20. The Labute approximate surface area is 210 Å². The average molecular weight is 487 g/mol. The van der Waals surface area contributed by atoms with Crippen molar-refractivity contribution in [3.8, 4) is 45.6 Å². The lowest BCUT2D eigenvalue weighted by atomic mass is 9.96. The second kappa shape index (κ2) is 11.0. The van der Waals surface area contributed by atoms with E-state index in [4.69, 9.17) is 9.47 Å². The van der Waals surface area contributed by atoms with Crippen LogP contribution in [-0.2, 0) is 25.7 Å². The molecule has 36 heavy (non-hydrogen) atoms. The molecule has 4 rings (SSSR count). The van der Waals surface area contributed by atoms with Gasteiger partial charge in [0.15, 0.2) is 0 Å². The Morgan fingerprint density at radius 3 is 1.17 bits per heavy atom. The first-order valence-electron chi connectivity index (χ1n) is 11.7. The quantitative estimate of drug-likeness (QED) is 0.240. The Morgan fingerprint density at radius 2 is 0.833 bits per heavy atom. The predicted octanol–water partition coefficient (Wildman–Crippen LogP) is 5.76. The highest BCUT2D eigenvalue weighted by atomic mass is 16.5. The molecule has 0 radical (unpaired) electrons. The fourth-order valence-corrected chi connectivity index (χ4v) is 4.42. The minimum Gasteiger partial charge on any atom is -0.508 e. The van der Waals surface area contributed by atoms with Crippen molar-refractivity contribution < 1.29 is 29.9 Å². The maximum atomic E-state index is 9.72. The number of ether oxygens (including phenoxy) is 2. The first-order chi connectivity index (χ1) is 17.3. The standard InChI is InChI=1S/C30H30O6/c1-35-29-15-23(9-7-21(29)5-3-19-11-25(31)17-26(32)12-19)24-10-8-22(30(16-24)36-2)6-4-20-13-27(33)18-28(34)14-20/h7-18,31-34H,3-6H2,1-2H3. The van der Waals surface area contributed by atoms with Crippen molar-refractivity contribution in [1.82, 2.24) is 0 Å². The van der Waals surface area contributed by atoms with Crippen LogP contribution in [0.3, 0.4) is 0 Å². The van der Waals surface area contributed by atoms with Crippen molar-refractivity contribution >= 4 is 0 Å². The van der Waals surface area contributed by atoms with Gasteiger partial charge in [0.25, 0.3) is 0 Å². The lowest BCUT2D eigenvalue weighted by molar-refractivity contribution is 0.409. The van der Waals surface area contributed by atoms with Gasteiger partial charge in [0.2, 0.25) is 0 Å². The fraction of sp³-hybridized carbons (Fsp3) is 0.200. The molecule has 6 nitrogen and oxygen atoms in total. The van der Waals surface area contributed by atoms with Crippen LogP contribution in [0.15, 0.2) is 72.8 Å².